The van der Waals surface area contributed by atoms with E-state index in [1.807, 2.05) is 42.5 Å². The summed E-state index contributed by atoms with van der Waals surface area (Å²) < 4.78 is 6.04. The maximum atomic E-state index is 12.1. The second kappa shape index (κ2) is 20.4. The minimum absolute atomic E-state index is 0.00584. The molecule has 9 rings (SSSR count). The molecule has 0 fully saturated rings. The van der Waals surface area contributed by atoms with E-state index in [-0.39, 0.29) is 16.9 Å². The average Bonchev–Trinajstić information content (AvgIpc) is 3.93. The summed E-state index contributed by atoms with van der Waals surface area (Å²) in [4.78, 5) is 29.2. The van der Waals surface area contributed by atoms with E-state index >= 15 is 0 Å². The Morgan fingerprint density at radius 2 is 1.00 bits per heavy atom. The van der Waals surface area contributed by atoms with E-state index in [9.17, 15) is 24.9 Å². The molecule has 7 N–H and O–H groups in total. The Hall–Kier alpha value is -6.04. The number of pyridine rings is 2. The highest BCUT2D eigenvalue weighted by molar-refractivity contribution is 5.88. The number of benzene rings is 5. The molecule has 0 bridgehead atoms. The van der Waals surface area contributed by atoms with Gasteiger partial charge in [-0.2, -0.15) is 0 Å². The molecule has 7 aromatic rings. The van der Waals surface area contributed by atoms with Crippen molar-refractivity contribution in [3.8, 4) is 11.5 Å². The molecule has 0 aliphatic heterocycles. The minimum atomic E-state index is -0.731. The van der Waals surface area contributed by atoms with Crippen LogP contribution in [0.3, 0.4) is 0 Å². The minimum Gasteiger partial charge on any atom is -0.506 e. The number of ether oxygens (including phenoxy) is 1. The van der Waals surface area contributed by atoms with Gasteiger partial charge in [0.1, 0.15) is 18.1 Å². The molecule has 0 amide bonds. The van der Waals surface area contributed by atoms with Crippen LogP contribution in [0.25, 0.3) is 21.8 Å². The Labute approximate surface area is 380 Å². The van der Waals surface area contributed by atoms with Gasteiger partial charge >= 0.3 is 0 Å². The lowest BCUT2D eigenvalue weighted by Crippen LogP contribution is -2.33. The zero-order chi connectivity index (χ0) is 45.6. The van der Waals surface area contributed by atoms with Crippen molar-refractivity contribution in [3.05, 3.63) is 185 Å². The molecule has 10 heteroatoms. The van der Waals surface area contributed by atoms with E-state index in [0.29, 0.717) is 59.5 Å². The van der Waals surface area contributed by atoms with Gasteiger partial charge in [-0.05, 0) is 137 Å². The van der Waals surface area contributed by atoms with Gasteiger partial charge in [-0.25, -0.2) is 0 Å². The molecule has 2 aliphatic rings. The standard InChI is InChI=1S/C31H34N2O3.C24H28N2O3/c1-3-21-14-23-16-25(17-24(23)15-22(21)4-2)32-18-28(34)26-10-12-29(31-27(26)11-13-30(35)33-31)36-19-20-8-6-5-7-9-20;1-3-14-9-16-11-18(12-17(16)10-15(14)4-2)25-13-22(28)19-5-7-21(27)24-20(19)6-8-23(29)26-24/h5-15,25,28,32,34H,3-4,16-19H2,1-2H3,(H,33,35);5-10,18,22,25,27-28H,3-4,11-13H2,1-2H3,(H,26,29)/t28-;22-/m00/s1. The van der Waals surface area contributed by atoms with Gasteiger partial charge in [0.2, 0.25) is 11.1 Å². The molecule has 65 heavy (non-hydrogen) atoms. The predicted molar refractivity (Wildman–Crippen MR) is 260 cm³/mol. The van der Waals surface area contributed by atoms with Gasteiger partial charge in [0.25, 0.3) is 0 Å². The molecule has 2 heterocycles. The number of rotatable bonds is 15. The lowest BCUT2D eigenvalue weighted by Gasteiger charge is -2.19. The number of aliphatic hydroxyl groups is 2. The van der Waals surface area contributed by atoms with Crippen molar-refractivity contribution in [2.24, 2.45) is 0 Å². The van der Waals surface area contributed by atoms with Crippen molar-refractivity contribution >= 4 is 21.8 Å². The third-order valence-corrected chi connectivity index (χ3v) is 13.4. The zero-order valence-corrected chi connectivity index (χ0v) is 38.0. The molecule has 0 saturated heterocycles. The number of aromatic amines is 2. The number of H-pyrrole nitrogens is 2. The second-order valence-electron chi connectivity index (χ2n) is 17.6. The SMILES string of the molecule is CCc1cc2c(cc1CC)CC(NC[C@H](O)c1ccc(O)c3[nH]c(=O)ccc13)C2.CCc1cc2c(cc1CC)CC(NC[C@H](O)c1ccc(OCc3ccccc3)c3[nH]c(=O)ccc13)C2. The highest BCUT2D eigenvalue weighted by atomic mass is 16.5. The molecule has 0 saturated carbocycles. The van der Waals surface area contributed by atoms with E-state index < -0.39 is 12.2 Å². The number of aromatic nitrogens is 2. The van der Waals surface area contributed by atoms with Crippen LogP contribution in [0, 0.1) is 0 Å². The van der Waals surface area contributed by atoms with Crippen molar-refractivity contribution in [1.29, 1.82) is 0 Å². The Balaban J connectivity index is 0.000000181. The summed E-state index contributed by atoms with van der Waals surface area (Å²) >= 11 is 0. The maximum Gasteiger partial charge on any atom is 0.248 e. The number of phenolic OH excluding ortho intramolecular Hbond substituents is 1. The predicted octanol–water partition coefficient (Wildman–Crippen LogP) is 8.17. The van der Waals surface area contributed by atoms with Gasteiger partial charge in [-0.15, -0.1) is 0 Å². The van der Waals surface area contributed by atoms with Crippen molar-refractivity contribution in [1.82, 2.24) is 20.6 Å². The summed E-state index contributed by atoms with van der Waals surface area (Å²) in [5.74, 6) is 0.603. The molecule has 2 aliphatic carbocycles. The summed E-state index contributed by atoms with van der Waals surface area (Å²) in [7, 11) is 0. The van der Waals surface area contributed by atoms with Crippen LogP contribution in [0.15, 0.2) is 113 Å². The molecule has 2 aromatic heterocycles. The van der Waals surface area contributed by atoms with Gasteiger partial charge in [0.05, 0.1) is 23.2 Å². The highest BCUT2D eigenvalue weighted by Gasteiger charge is 2.26. The van der Waals surface area contributed by atoms with E-state index in [4.69, 9.17) is 4.74 Å². The Morgan fingerprint density at radius 1 is 0.569 bits per heavy atom. The first-order valence-corrected chi connectivity index (χ1v) is 23.3. The Kier molecular flexibility index (Phi) is 14.3. The number of aryl methyl sites for hydroxylation is 4. The topological polar surface area (TPSA) is 160 Å². The number of aliphatic hydroxyl groups excluding tert-OH is 2. The molecule has 0 spiro atoms. The summed E-state index contributed by atoms with van der Waals surface area (Å²) in [6.45, 7) is 10.1. The molecule has 338 valence electrons. The third-order valence-electron chi connectivity index (χ3n) is 13.4. The first-order valence-electron chi connectivity index (χ1n) is 23.3. The number of aromatic hydroxyl groups is 1. The van der Waals surface area contributed by atoms with Crippen LogP contribution >= 0.6 is 0 Å². The largest absolute Gasteiger partial charge is 0.506 e. The van der Waals surface area contributed by atoms with E-state index in [2.05, 4.69) is 72.6 Å². The smallest absolute Gasteiger partial charge is 0.248 e. The normalized spacial score (nSPS) is 14.6. The number of hydrogen-bond acceptors (Lipinski definition) is 8. The molecule has 5 aromatic carbocycles. The first-order chi connectivity index (χ1) is 31.5. The van der Waals surface area contributed by atoms with Crippen LogP contribution in [0.1, 0.15) is 101 Å². The van der Waals surface area contributed by atoms with Crippen LogP contribution in [0.2, 0.25) is 0 Å². The number of fused-ring (bicyclic) bond motifs is 4. The monoisotopic (exact) mass is 874 g/mol. The molecular formula is C55H62N4O6. The van der Waals surface area contributed by atoms with Gasteiger partial charge in [0.15, 0.2) is 0 Å². The summed E-state index contributed by atoms with van der Waals surface area (Å²) in [5.41, 5.74) is 14.5. The molecule has 10 nitrogen and oxygen atoms in total. The summed E-state index contributed by atoms with van der Waals surface area (Å²) in [5, 5.41) is 40.5. The van der Waals surface area contributed by atoms with Gasteiger partial charge < -0.3 is 40.7 Å². The quantitative estimate of drug-likeness (QED) is 0.0544. The maximum absolute atomic E-state index is 12.1. The van der Waals surface area contributed by atoms with Crippen LogP contribution in [0.5, 0.6) is 11.5 Å². The second-order valence-corrected chi connectivity index (χ2v) is 17.6. The van der Waals surface area contributed by atoms with Crippen LogP contribution in [-0.4, -0.2) is 50.5 Å². The van der Waals surface area contributed by atoms with Crippen LogP contribution in [0.4, 0.5) is 0 Å². The van der Waals surface area contributed by atoms with Crippen LogP contribution in [-0.2, 0) is 58.0 Å². The van der Waals surface area contributed by atoms with Crippen LogP contribution < -0.4 is 26.5 Å². The van der Waals surface area contributed by atoms with Crippen molar-refractivity contribution < 1.29 is 20.1 Å². The molecule has 2 atom stereocenters. The zero-order valence-electron chi connectivity index (χ0n) is 38.0. The van der Waals surface area contributed by atoms with E-state index in [1.165, 1.54) is 62.7 Å². The molecular weight excluding hydrogens is 813 g/mol. The molecule has 0 radical (unpaired) electrons. The van der Waals surface area contributed by atoms with Gasteiger partial charge in [-0.1, -0.05) is 94.4 Å². The summed E-state index contributed by atoms with van der Waals surface area (Å²) in [6, 6.07) is 33.3. The fourth-order valence-electron chi connectivity index (χ4n) is 9.87. The fraction of sp³-hybridized carbons (Fsp3) is 0.345. The summed E-state index contributed by atoms with van der Waals surface area (Å²) in [6.07, 6.45) is 6.73. The highest BCUT2D eigenvalue weighted by Crippen LogP contribution is 2.33. The first kappa shape index (κ1) is 45.5. The third kappa shape index (κ3) is 10.3. The Morgan fingerprint density at radius 3 is 1.46 bits per heavy atom. The van der Waals surface area contributed by atoms with Gasteiger partial charge in [0, 0.05) is 48.1 Å². The van der Waals surface area contributed by atoms with E-state index in [1.54, 1.807) is 18.2 Å². The lowest BCUT2D eigenvalue weighted by atomic mass is 9.97. The van der Waals surface area contributed by atoms with Crippen molar-refractivity contribution in [2.45, 2.75) is 110 Å². The van der Waals surface area contributed by atoms with Crippen molar-refractivity contribution in [2.75, 3.05) is 13.1 Å². The Bertz CT molecular complexity index is 2840. The number of phenols is 1. The van der Waals surface area contributed by atoms with Crippen molar-refractivity contribution in [3.63, 3.8) is 0 Å². The lowest BCUT2D eigenvalue weighted by molar-refractivity contribution is 0.171. The fourth-order valence-corrected chi connectivity index (χ4v) is 9.87. The van der Waals surface area contributed by atoms with E-state index in [0.717, 1.165) is 67.9 Å². The number of hydrogen-bond donors (Lipinski definition) is 7. The average molecular weight is 875 g/mol. The molecule has 0 unspecified atom stereocenters. The number of nitrogens with one attached hydrogen (secondary N) is 4. The van der Waals surface area contributed by atoms with Gasteiger partial charge in [-0.3, -0.25) is 9.59 Å².